The second-order valence-corrected chi connectivity index (χ2v) is 6.40. The number of piperazine rings is 1. The molecular formula is C16H24ClN2O+. The number of nitrogens with one attached hydrogen (secondary N) is 1. The van der Waals surface area contributed by atoms with Crippen molar-refractivity contribution in [2.75, 3.05) is 26.2 Å². The Morgan fingerprint density at radius 3 is 2.55 bits per heavy atom. The van der Waals surface area contributed by atoms with Gasteiger partial charge in [-0.2, -0.15) is 0 Å². The van der Waals surface area contributed by atoms with Gasteiger partial charge in [0.1, 0.15) is 6.54 Å². The summed E-state index contributed by atoms with van der Waals surface area (Å²) in [4.78, 5) is 15.5. The first-order chi connectivity index (χ1) is 9.56. The van der Waals surface area contributed by atoms with Crippen molar-refractivity contribution < 1.29 is 9.69 Å². The highest BCUT2D eigenvalue weighted by Gasteiger charge is 2.24. The van der Waals surface area contributed by atoms with E-state index in [-0.39, 0.29) is 0 Å². The zero-order valence-corrected chi connectivity index (χ0v) is 13.1. The van der Waals surface area contributed by atoms with E-state index in [9.17, 15) is 4.79 Å². The molecule has 1 N–H and O–H groups in total. The van der Waals surface area contributed by atoms with Crippen LogP contribution in [-0.2, 0) is 11.3 Å². The molecule has 0 spiro atoms. The number of hydrogen-bond acceptors (Lipinski definition) is 1. The van der Waals surface area contributed by atoms with Crippen LogP contribution in [0.25, 0.3) is 0 Å². The van der Waals surface area contributed by atoms with Gasteiger partial charge in [-0.1, -0.05) is 43.6 Å². The summed E-state index contributed by atoms with van der Waals surface area (Å²) in [7, 11) is 0. The van der Waals surface area contributed by atoms with Crippen LogP contribution in [0.2, 0.25) is 5.02 Å². The van der Waals surface area contributed by atoms with E-state index in [0.717, 1.165) is 37.7 Å². The van der Waals surface area contributed by atoms with Gasteiger partial charge in [0, 0.05) is 17.0 Å². The predicted octanol–water partition coefficient (Wildman–Crippen LogP) is 1.61. The van der Waals surface area contributed by atoms with Gasteiger partial charge in [0.25, 0.3) is 0 Å². The Bertz CT molecular complexity index is 454. The molecule has 0 atom stereocenters. The molecule has 1 amide bonds. The molecular weight excluding hydrogens is 272 g/mol. The molecule has 0 aliphatic carbocycles. The van der Waals surface area contributed by atoms with Crippen molar-refractivity contribution >= 4 is 17.5 Å². The summed E-state index contributed by atoms with van der Waals surface area (Å²) >= 11 is 6.20. The average Bonchev–Trinajstić information content (AvgIpc) is 2.41. The molecule has 20 heavy (non-hydrogen) atoms. The van der Waals surface area contributed by atoms with Crippen LogP contribution in [0.4, 0.5) is 0 Å². The summed E-state index contributed by atoms with van der Waals surface area (Å²) in [6, 6.07) is 8.02. The fraction of sp³-hybridized carbons (Fsp3) is 0.562. The van der Waals surface area contributed by atoms with Crippen molar-refractivity contribution in [1.82, 2.24) is 4.90 Å². The summed E-state index contributed by atoms with van der Waals surface area (Å²) in [5.74, 6) is 0.743. The number of amides is 1. The highest BCUT2D eigenvalue weighted by atomic mass is 35.5. The highest BCUT2D eigenvalue weighted by Crippen LogP contribution is 2.13. The Morgan fingerprint density at radius 1 is 1.30 bits per heavy atom. The van der Waals surface area contributed by atoms with E-state index in [4.69, 9.17) is 11.6 Å². The van der Waals surface area contributed by atoms with Gasteiger partial charge in [0.15, 0.2) is 0 Å². The van der Waals surface area contributed by atoms with Gasteiger partial charge in [0.05, 0.1) is 26.2 Å². The van der Waals surface area contributed by atoms with Crippen molar-refractivity contribution in [1.29, 1.82) is 0 Å². The minimum atomic E-state index is 0.303. The van der Waals surface area contributed by atoms with Crippen LogP contribution in [0, 0.1) is 5.92 Å². The Kier molecular flexibility index (Phi) is 5.44. The highest BCUT2D eigenvalue weighted by molar-refractivity contribution is 6.31. The number of hydrogen-bond donors (Lipinski definition) is 1. The SMILES string of the molecule is CC(C)CC(=O)N1CC[NH+](Cc2ccccc2Cl)CC1. The summed E-state index contributed by atoms with van der Waals surface area (Å²) < 4.78 is 0. The van der Waals surface area contributed by atoms with Crippen LogP contribution in [0.5, 0.6) is 0 Å². The second kappa shape index (κ2) is 7.09. The smallest absolute Gasteiger partial charge is 0.223 e. The second-order valence-electron chi connectivity index (χ2n) is 6.00. The van der Waals surface area contributed by atoms with Crippen molar-refractivity contribution in [2.45, 2.75) is 26.8 Å². The number of carbonyl (C=O) groups excluding carboxylic acids is 1. The summed E-state index contributed by atoms with van der Waals surface area (Å²) in [6.45, 7) is 8.89. The number of rotatable bonds is 4. The van der Waals surface area contributed by atoms with Gasteiger partial charge in [0.2, 0.25) is 5.91 Å². The lowest BCUT2D eigenvalue weighted by molar-refractivity contribution is -0.917. The first-order valence-corrected chi connectivity index (χ1v) is 7.79. The number of nitrogens with zero attached hydrogens (tertiary/aromatic N) is 1. The molecule has 1 aromatic rings. The standard InChI is InChI=1S/C16H23ClN2O/c1-13(2)11-16(20)19-9-7-18(8-10-19)12-14-5-3-4-6-15(14)17/h3-6,13H,7-12H2,1-2H3/p+1. The van der Waals surface area contributed by atoms with E-state index < -0.39 is 0 Å². The van der Waals surface area contributed by atoms with Gasteiger partial charge in [-0.05, 0) is 12.0 Å². The third-order valence-corrected chi connectivity index (χ3v) is 4.17. The fourth-order valence-electron chi connectivity index (χ4n) is 2.64. The van der Waals surface area contributed by atoms with Crippen LogP contribution in [-0.4, -0.2) is 37.0 Å². The largest absolute Gasteiger partial charge is 0.331 e. The van der Waals surface area contributed by atoms with Gasteiger partial charge < -0.3 is 9.80 Å². The van der Waals surface area contributed by atoms with E-state index in [0.29, 0.717) is 18.2 Å². The number of carbonyl (C=O) groups is 1. The van der Waals surface area contributed by atoms with E-state index >= 15 is 0 Å². The summed E-state index contributed by atoms with van der Waals surface area (Å²) in [5, 5.41) is 0.846. The zero-order valence-electron chi connectivity index (χ0n) is 12.4. The van der Waals surface area contributed by atoms with Gasteiger partial charge in [-0.3, -0.25) is 4.79 Å². The lowest BCUT2D eigenvalue weighted by Gasteiger charge is -2.32. The molecule has 0 bridgehead atoms. The van der Waals surface area contributed by atoms with Crippen LogP contribution >= 0.6 is 11.6 Å². The Morgan fingerprint density at radius 2 is 1.95 bits per heavy atom. The minimum Gasteiger partial charge on any atom is -0.331 e. The predicted molar refractivity (Wildman–Crippen MR) is 81.9 cm³/mol. The summed E-state index contributed by atoms with van der Waals surface area (Å²) in [6.07, 6.45) is 0.667. The maximum absolute atomic E-state index is 12.0. The molecule has 1 aliphatic heterocycles. The monoisotopic (exact) mass is 295 g/mol. The molecule has 0 unspecified atom stereocenters. The van der Waals surface area contributed by atoms with Crippen LogP contribution in [0.15, 0.2) is 24.3 Å². The van der Waals surface area contributed by atoms with E-state index in [1.165, 1.54) is 10.5 Å². The van der Waals surface area contributed by atoms with Gasteiger partial charge in [-0.25, -0.2) is 0 Å². The number of halogens is 1. The van der Waals surface area contributed by atoms with E-state index in [2.05, 4.69) is 19.9 Å². The molecule has 1 fully saturated rings. The Balaban J connectivity index is 1.83. The molecule has 1 aliphatic rings. The Hall–Kier alpha value is -1.06. The van der Waals surface area contributed by atoms with Crippen molar-refractivity contribution in [3.05, 3.63) is 34.9 Å². The van der Waals surface area contributed by atoms with Crippen molar-refractivity contribution in [3.63, 3.8) is 0 Å². The molecule has 0 radical (unpaired) electrons. The third kappa shape index (κ3) is 4.22. The minimum absolute atomic E-state index is 0.303. The zero-order chi connectivity index (χ0) is 14.5. The molecule has 1 aromatic carbocycles. The molecule has 1 saturated heterocycles. The normalized spacial score (nSPS) is 16.7. The Labute approximate surface area is 126 Å². The topological polar surface area (TPSA) is 24.8 Å². The fourth-order valence-corrected chi connectivity index (χ4v) is 2.84. The molecule has 1 heterocycles. The van der Waals surface area contributed by atoms with Crippen LogP contribution < -0.4 is 4.90 Å². The van der Waals surface area contributed by atoms with Crippen molar-refractivity contribution in [2.24, 2.45) is 5.92 Å². The molecule has 4 heteroatoms. The maximum Gasteiger partial charge on any atom is 0.223 e. The molecule has 3 nitrogen and oxygen atoms in total. The molecule has 0 aromatic heterocycles. The number of benzene rings is 1. The lowest BCUT2D eigenvalue weighted by Crippen LogP contribution is -3.13. The van der Waals surface area contributed by atoms with Crippen LogP contribution in [0.1, 0.15) is 25.8 Å². The molecule has 2 rings (SSSR count). The maximum atomic E-state index is 12.0. The first kappa shape index (κ1) is 15.3. The average molecular weight is 296 g/mol. The lowest BCUT2D eigenvalue weighted by atomic mass is 10.1. The first-order valence-electron chi connectivity index (χ1n) is 7.41. The van der Waals surface area contributed by atoms with E-state index in [1.807, 2.05) is 23.1 Å². The van der Waals surface area contributed by atoms with Gasteiger partial charge >= 0.3 is 0 Å². The number of quaternary nitrogens is 1. The molecule has 0 saturated carbocycles. The van der Waals surface area contributed by atoms with Crippen LogP contribution in [0.3, 0.4) is 0 Å². The van der Waals surface area contributed by atoms with E-state index in [1.54, 1.807) is 0 Å². The summed E-state index contributed by atoms with van der Waals surface area (Å²) in [5.41, 5.74) is 1.20. The third-order valence-electron chi connectivity index (χ3n) is 3.80. The van der Waals surface area contributed by atoms with Gasteiger partial charge in [-0.15, -0.1) is 0 Å². The quantitative estimate of drug-likeness (QED) is 0.897. The molecule has 110 valence electrons. The van der Waals surface area contributed by atoms with Crippen molar-refractivity contribution in [3.8, 4) is 0 Å².